The minimum atomic E-state index is -0.693. The van der Waals surface area contributed by atoms with Gasteiger partial charge in [-0.1, -0.05) is 61.5 Å². The summed E-state index contributed by atoms with van der Waals surface area (Å²) in [6.07, 6.45) is 7.81. The highest BCUT2D eigenvalue weighted by Gasteiger charge is 2.42. The molecule has 3 aliphatic heterocycles. The third kappa shape index (κ3) is 6.40. The summed E-state index contributed by atoms with van der Waals surface area (Å²) in [5.41, 5.74) is 1.62. The first-order valence-corrected chi connectivity index (χ1v) is 14.9. The Labute approximate surface area is 242 Å². The minimum Gasteiger partial charge on any atom is -0.381 e. The number of piperidine rings is 1. The molecule has 2 saturated heterocycles. The van der Waals surface area contributed by atoms with E-state index < -0.39 is 11.5 Å². The number of rotatable bonds is 4. The average molecular weight is 563 g/mol. The van der Waals surface area contributed by atoms with Crippen LogP contribution in [0.5, 0.6) is 0 Å². The molecule has 2 aromatic rings. The molecule has 0 aliphatic carbocycles. The van der Waals surface area contributed by atoms with Crippen molar-refractivity contribution in [2.24, 2.45) is 11.3 Å². The van der Waals surface area contributed by atoms with Crippen molar-refractivity contribution in [2.75, 3.05) is 26.3 Å². The van der Waals surface area contributed by atoms with Gasteiger partial charge >= 0.3 is 0 Å². The van der Waals surface area contributed by atoms with Crippen molar-refractivity contribution < 1.29 is 23.6 Å². The molecule has 4 heterocycles. The summed E-state index contributed by atoms with van der Waals surface area (Å²) in [5, 5.41) is 10.6. The zero-order chi connectivity index (χ0) is 29.0. The van der Waals surface area contributed by atoms with Gasteiger partial charge < -0.3 is 24.8 Å². The number of allylic oxidation sites excluding steroid dienone is 2. The number of likely N-dealkylation sites (tertiary alicyclic amines) is 1. The van der Waals surface area contributed by atoms with Crippen LogP contribution in [0.2, 0.25) is 0 Å². The van der Waals surface area contributed by atoms with Crippen molar-refractivity contribution in [3.8, 4) is 0 Å². The normalized spacial score (nSPS) is 26.0. The summed E-state index contributed by atoms with van der Waals surface area (Å²) < 4.78 is 11.0. The highest BCUT2D eigenvalue weighted by molar-refractivity contribution is 5.96. The van der Waals surface area contributed by atoms with Crippen LogP contribution in [0.25, 0.3) is 0 Å². The van der Waals surface area contributed by atoms with E-state index in [0.717, 1.165) is 5.56 Å². The SMILES string of the molecule is Cc1onc(C(C)C)c1C(=O)N1CC[C@@H]2NC(=O)[C@H](Cc3ccccc3)NC(=O)C3(C/C=C/C[C@@H]2C1)CCOCC3. The third-order valence-electron chi connectivity index (χ3n) is 8.95. The fraction of sp³-hybridized carbons (Fsp3) is 0.562. The van der Waals surface area contributed by atoms with Crippen LogP contribution < -0.4 is 10.6 Å². The Hall–Kier alpha value is -3.46. The molecular weight excluding hydrogens is 520 g/mol. The molecule has 1 aromatic carbocycles. The molecule has 0 saturated carbocycles. The topological polar surface area (TPSA) is 114 Å². The number of ether oxygens (including phenoxy) is 1. The smallest absolute Gasteiger partial charge is 0.259 e. The molecule has 3 atom stereocenters. The maximum absolute atomic E-state index is 13.8. The molecule has 0 radical (unpaired) electrons. The number of hydrogen-bond donors (Lipinski definition) is 2. The lowest BCUT2D eigenvalue weighted by Gasteiger charge is -2.40. The maximum Gasteiger partial charge on any atom is 0.259 e. The Balaban J connectivity index is 1.40. The number of carbonyl (C=O) groups excluding carboxylic acids is 3. The minimum absolute atomic E-state index is 0.0358. The van der Waals surface area contributed by atoms with Crippen LogP contribution in [0, 0.1) is 18.3 Å². The lowest BCUT2D eigenvalue weighted by molar-refractivity contribution is -0.140. The van der Waals surface area contributed by atoms with Gasteiger partial charge in [0.05, 0.1) is 11.1 Å². The second-order valence-corrected chi connectivity index (χ2v) is 12.1. The van der Waals surface area contributed by atoms with Crippen molar-refractivity contribution in [1.29, 1.82) is 0 Å². The van der Waals surface area contributed by atoms with Crippen molar-refractivity contribution in [2.45, 2.75) is 77.3 Å². The van der Waals surface area contributed by atoms with E-state index in [1.165, 1.54) is 0 Å². The Morgan fingerprint density at radius 3 is 2.61 bits per heavy atom. The molecule has 9 heteroatoms. The van der Waals surface area contributed by atoms with Gasteiger partial charge in [-0.05, 0) is 50.5 Å². The molecule has 0 unspecified atom stereocenters. The average Bonchev–Trinajstić information content (AvgIpc) is 3.37. The van der Waals surface area contributed by atoms with E-state index in [4.69, 9.17) is 9.26 Å². The zero-order valence-electron chi connectivity index (χ0n) is 24.4. The first-order valence-electron chi connectivity index (χ1n) is 14.9. The van der Waals surface area contributed by atoms with Crippen molar-refractivity contribution >= 4 is 17.7 Å². The Morgan fingerprint density at radius 2 is 1.88 bits per heavy atom. The van der Waals surface area contributed by atoms with E-state index in [0.29, 0.717) is 81.8 Å². The molecule has 3 amide bonds. The summed E-state index contributed by atoms with van der Waals surface area (Å²) in [6, 6.07) is 8.98. The number of fused-ring (bicyclic) bond motifs is 1. The van der Waals surface area contributed by atoms with Gasteiger partial charge in [0, 0.05) is 44.7 Å². The van der Waals surface area contributed by atoms with E-state index >= 15 is 0 Å². The van der Waals surface area contributed by atoms with Gasteiger partial charge in [-0.2, -0.15) is 0 Å². The molecule has 41 heavy (non-hydrogen) atoms. The van der Waals surface area contributed by atoms with E-state index in [2.05, 4.69) is 27.9 Å². The monoisotopic (exact) mass is 562 g/mol. The molecule has 9 nitrogen and oxygen atoms in total. The fourth-order valence-corrected chi connectivity index (χ4v) is 6.37. The number of benzene rings is 1. The summed E-state index contributed by atoms with van der Waals surface area (Å²) in [5.74, 6) is 0.317. The molecule has 220 valence electrons. The van der Waals surface area contributed by atoms with Crippen LogP contribution in [0.1, 0.15) is 79.2 Å². The number of aromatic nitrogens is 1. The summed E-state index contributed by atoms with van der Waals surface area (Å²) >= 11 is 0. The fourth-order valence-electron chi connectivity index (χ4n) is 6.37. The molecule has 1 spiro atoms. The Morgan fingerprint density at radius 1 is 1.12 bits per heavy atom. The molecule has 0 bridgehead atoms. The van der Waals surface area contributed by atoms with E-state index in [-0.39, 0.29) is 35.6 Å². The van der Waals surface area contributed by atoms with Crippen LogP contribution in [0.15, 0.2) is 47.0 Å². The first-order chi connectivity index (χ1) is 19.8. The number of aryl methyl sites for hydroxylation is 1. The highest BCUT2D eigenvalue weighted by atomic mass is 16.5. The maximum atomic E-state index is 13.8. The lowest BCUT2D eigenvalue weighted by Crippen LogP contribution is -2.58. The Kier molecular flexibility index (Phi) is 8.92. The second-order valence-electron chi connectivity index (χ2n) is 12.1. The lowest BCUT2D eigenvalue weighted by atomic mass is 9.75. The molecule has 1 aromatic heterocycles. The predicted octanol–water partition coefficient (Wildman–Crippen LogP) is 3.93. The Bertz CT molecular complexity index is 1260. The number of nitrogens with one attached hydrogen (secondary N) is 2. The molecule has 2 N–H and O–H groups in total. The largest absolute Gasteiger partial charge is 0.381 e. The molecule has 2 fully saturated rings. The predicted molar refractivity (Wildman–Crippen MR) is 154 cm³/mol. The van der Waals surface area contributed by atoms with Crippen molar-refractivity contribution in [3.63, 3.8) is 0 Å². The number of amides is 3. The number of hydrogen-bond acceptors (Lipinski definition) is 6. The van der Waals surface area contributed by atoms with Crippen molar-refractivity contribution in [3.05, 3.63) is 65.1 Å². The number of nitrogens with zero attached hydrogens (tertiary/aromatic N) is 2. The van der Waals surface area contributed by atoms with Gasteiger partial charge in [-0.15, -0.1) is 0 Å². The first kappa shape index (κ1) is 29.0. The molecule has 3 aliphatic rings. The highest BCUT2D eigenvalue weighted by Crippen LogP contribution is 2.36. The summed E-state index contributed by atoms with van der Waals surface area (Å²) in [6.45, 7) is 7.88. The van der Waals surface area contributed by atoms with E-state index in [9.17, 15) is 14.4 Å². The van der Waals surface area contributed by atoms with Gasteiger partial charge in [0.1, 0.15) is 17.4 Å². The van der Waals surface area contributed by atoms with Crippen molar-refractivity contribution in [1.82, 2.24) is 20.7 Å². The van der Waals surface area contributed by atoms with E-state index in [1.807, 2.05) is 49.1 Å². The van der Waals surface area contributed by atoms with E-state index in [1.54, 1.807) is 6.92 Å². The summed E-state index contributed by atoms with van der Waals surface area (Å²) in [4.78, 5) is 43.1. The third-order valence-corrected chi connectivity index (χ3v) is 8.95. The standard InChI is InChI=1S/C32H42N4O5/c1-21(2)28-27(22(3)41-35-28)30(38)36-16-12-25-24(20-36)11-7-8-13-32(14-17-40-18-15-32)31(39)34-26(29(37)33-25)19-23-9-5-4-6-10-23/h4-10,21,24-26H,11-20H2,1-3H3,(H,33,37)(H,34,39)/b8-7+/t24-,25+,26+/m1/s1. The molecular formula is C32H42N4O5. The van der Waals surface area contributed by atoms with Crippen LogP contribution in [0.3, 0.4) is 0 Å². The quantitative estimate of drug-likeness (QED) is 0.546. The van der Waals surface area contributed by atoms with Gasteiger partial charge in [-0.25, -0.2) is 0 Å². The van der Waals surface area contributed by atoms with Crippen LogP contribution >= 0.6 is 0 Å². The van der Waals surface area contributed by atoms with Crippen LogP contribution in [-0.2, 0) is 20.7 Å². The van der Waals surface area contributed by atoms with Gasteiger partial charge in [0.25, 0.3) is 5.91 Å². The van der Waals surface area contributed by atoms with Crippen LogP contribution in [-0.4, -0.2) is 66.2 Å². The van der Waals surface area contributed by atoms with Gasteiger partial charge in [0.2, 0.25) is 11.8 Å². The molecule has 5 rings (SSSR count). The zero-order valence-corrected chi connectivity index (χ0v) is 24.4. The second kappa shape index (κ2) is 12.6. The summed E-state index contributed by atoms with van der Waals surface area (Å²) in [7, 11) is 0. The number of carbonyl (C=O) groups is 3. The van der Waals surface area contributed by atoms with Gasteiger partial charge in [0.15, 0.2) is 0 Å². The van der Waals surface area contributed by atoms with Crippen LogP contribution in [0.4, 0.5) is 0 Å². The van der Waals surface area contributed by atoms with Gasteiger partial charge in [-0.3, -0.25) is 14.4 Å².